The maximum absolute atomic E-state index is 13.5. The zero-order chi connectivity index (χ0) is 37.2. The molecule has 2 aromatic heterocycles. The fraction of sp³-hybridized carbons (Fsp3) is 0.417. The van der Waals surface area contributed by atoms with Crippen LogP contribution in [0.1, 0.15) is 48.2 Å². The highest BCUT2D eigenvalue weighted by Gasteiger charge is 2.40. The first-order valence-electron chi connectivity index (χ1n) is 17.8. The number of piperazine rings is 1. The molecule has 0 radical (unpaired) electrons. The van der Waals surface area contributed by atoms with E-state index in [0.717, 1.165) is 41.0 Å². The standard InChI is InChI=1S/C36H44B3N7O6/c1-19-13-43(23-7-6-21-15-45(34(49)24(21)12-23)28-8-9-31(47)40-33(28)48)14-20(2)44(19)17-26-29(51-4)10-22(11-30(26)52-5)25-18-46(36(37,38)39)35(50)27-16-42(3)41-32(25)27/h6-7,10-12,16,18-20,28H,8-9,13-15,17,37-39H2,1-5H3,(H,40,47,48)/t19-,20-,28?/m1/s1. The molecule has 0 spiro atoms. The molecule has 2 aromatic carbocycles. The largest absolute Gasteiger partial charge is 0.496 e. The van der Waals surface area contributed by atoms with E-state index in [1.54, 1.807) is 34.6 Å². The number of carbonyl (C=O) groups excluding carboxylic acids is 3. The lowest BCUT2D eigenvalue weighted by molar-refractivity contribution is -0.136. The summed E-state index contributed by atoms with van der Waals surface area (Å²) in [4.78, 5) is 57.5. The molecule has 3 amide bonds. The molecule has 13 nitrogen and oxygen atoms in total. The van der Waals surface area contributed by atoms with E-state index < -0.39 is 17.2 Å². The lowest BCUT2D eigenvalue weighted by Crippen LogP contribution is -2.56. The number of nitrogens with one attached hydrogen (secondary N) is 1. The van der Waals surface area contributed by atoms with Gasteiger partial charge in [-0.15, -0.1) is 0 Å². The summed E-state index contributed by atoms with van der Waals surface area (Å²) in [6.07, 6.45) is 4.22. The van der Waals surface area contributed by atoms with Crippen LogP contribution >= 0.6 is 0 Å². The Kier molecular flexibility index (Phi) is 9.00. The molecule has 3 aliphatic rings. The SMILES string of the molecule is BC(B)(B)n1cc(-c2cc(OC)c(CN3[C@H](C)CN(c4ccc5c(c4)C(=O)N(C4CCC(=O)NC4=O)C5)C[C@H]3C)c(OC)c2)c2nn(C)cc2c1=O. The average molecular weight is 703 g/mol. The van der Waals surface area contributed by atoms with E-state index in [-0.39, 0.29) is 35.9 Å². The van der Waals surface area contributed by atoms with Crippen LogP contribution < -0.4 is 25.2 Å². The minimum Gasteiger partial charge on any atom is -0.496 e. The van der Waals surface area contributed by atoms with Crippen molar-refractivity contribution in [3.8, 4) is 22.6 Å². The summed E-state index contributed by atoms with van der Waals surface area (Å²) in [5.41, 5.74) is 5.59. The number of benzene rings is 2. The van der Waals surface area contributed by atoms with Crippen molar-refractivity contribution >= 4 is 57.9 Å². The molecular weight excluding hydrogens is 659 g/mol. The number of anilines is 1. The second kappa shape index (κ2) is 13.2. The number of amides is 3. The second-order valence-corrected chi connectivity index (χ2v) is 15.3. The Bertz CT molecular complexity index is 2140. The average Bonchev–Trinajstić information content (AvgIpc) is 3.65. The molecule has 0 saturated carbocycles. The lowest BCUT2D eigenvalue weighted by atomic mass is 9.49. The number of rotatable bonds is 8. The third kappa shape index (κ3) is 6.16. The number of piperidine rings is 1. The normalized spacial score (nSPS) is 21.1. The molecule has 52 heavy (non-hydrogen) atoms. The molecule has 5 heterocycles. The fourth-order valence-corrected chi connectivity index (χ4v) is 8.03. The van der Waals surface area contributed by atoms with Crippen LogP contribution in [0.25, 0.3) is 22.0 Å². The van der Waals surface area contributed by atoms with Gasteiger partial charge in [-0.25, -0.2) is 0 Å². The molecule has 1 unspecified atom stereocenters. The van der Waals surface area contributed by atoms with Gasteiger partial charge >= 0.3 is 0 Å². The Morgan fingerprint density at radius 1 is 0.942 bits per heavy atom. The number of methoxy groups -OCH3 is 2. The van der Waals surface area contributed by atoms with Gasteiger partial charge in [-0.3, -0.25) is 34.1 Å². The van der Waals surface area contributed by atoms with Crippen molar-refractivity contribution in [1.82, 2.24) is 29.5 Å². The van der Waals surface area contributed by atoms with Crippen molar-refractivity contribution in [3.63, 3.8) is 0 Å². The van der Waals surface area contributed by atoms with Crippen molar-refractivity contribution in [2.24, 2.45) is 7.05 Å². The Morgan fingerprint density at radius 3 is 2.23 bits per heavy atom. The van der Waals surface area contributed by atoms with Crippen LogP contribution in [0.3, 0.4) is 0 Å². The van der Waals surface area contributed by atoms with Gasteiger partial charge in [0.15, 0.2) is 0 Å². The van der Waals surface area contributed by atoms with Gasteiger partial charge in [0.25, 0.3) is 11.5 Å². The lowest BCUT2D eigenvalue weighted by Gasteiger charge is -2.45. The summed E-state index contributed by atoms with van der Waals surface area (Å²) in [5.74, 6) is 0.500. The first kappa shape index (κ1) is 35.4. The number of pyridine rings is 1. The number of aromatic nitrogens is 3. The predicted molar refractivity (Wildman–Crippen MR) is 206 cm³/mol. The third-order valence-corrected chi connectivity index (χ3v) is 10.8. The maximum Gasteiger partial charge on any atom is 0.260 e. The minimum atomic E-state index is -0.637. The molecular formula is C36H44B3N7O6. The molecule has 3 atom stereocenters. The molecule has 3 aliphatic heterocycles. The van der Waals surface area contributed by atoms with Crippen molar-refractivity contribution in [3.05, 3.63) is 69.8 Å². The molecule has 0 aliphatic carbocycles. The van der Waals surface area contributed by atoms with Gasteiger partial charge < -0.3 is 23.8 Å². The predicted octanol–water partition coefficient (Wildman–Crippen LogP) is -0.253. The van der Waals surface area contributed by atoms with E-state index in [2.05, 4.69) is 40.1 Å². The molecule has 16 heteroatoms. The highest BCUT2D eigenvalue weighted by atomic mass is 16.5. The van der Waals surface area contributed by atoms with Gasteiger partial charge in [0.2, 0.25) is 11.8 Å². The second-order valence-electron chi connectivity index (χ2n) is 15.3. The van der Waals surface area contributed by atoms with Crippen LogP contribution in [0.15, 0.2) is 47.5 Å². The van der Waals surface area contributed by atoms with Crippen LogP contribution in [0, 0.1) is 0 Å². The van der Waals surface area contributed by atoms with Crippen LogP contribution in [-0.2, 0) is 35.0 Å². The third-order valence-electron chi connectivity index (χ3n) is 10.8. The summed E-state index contributed by atoms with van der Waals surface area (Å²) in [6, 6.07) is 9.65. The summed E-state index contributed by atoms with van der Waals surface area (Å²) in [7, 11) is 11.2. The van der Waals surface area contributed by atoms with Crippen LogP contribution in [0.4, 0.5) is 5.69 Å². The Balaban J connectivity index is 1.13. The fourth-order valence-electron chi connectivity index (χ4n) is 8.03. The van der Waals surface area contributed by atoms with E-state index in [1.165, 1.54) is 0 Å². The Labute approximate surface area is 305 Å². The van der Waals surface area contributed by atoms with E-state index in [4.69, 9.17) is 9.47 Å². The van der Waals surface area contributed by atoms with Crippen LogP contribution in [0.2, 0.25) is 0 Å². The summed E-state index contributed by atoms with van der Waals surface area (Å²) in [5, 5.41) is 7.15. The molecule has 2 fully saturated rings. The van der Waals surface area contributed by atoms with Gasteiger partial charge in [0.1, 0.15) is 46.6 Å². The summed E-state index contributed by atoms with van der Waals surface area (Å²) >= 11 is 0. The number of hydrogen-bond acceptors (Lipinski definition) is 9. The molecule has 7 rings (SSSR count). The smallest absolute Gasteiger partial charge is 0.260 e. The van der Waals surface area contributed by atoms with Crippen molar-refractivity contribution in [1.29, 1.82) is 0 Å². The van der Waals surface area contributed by atoms with Gasteiger partial charge in [-0.05, 0) is 60.9 Å². The zero-order valence-corrected chi connectivity index (χ0v) is 31.1. The van der Waals surface area contributed by atoms with E-state index >= 15 is 0 Å². The number of aryl methyl sites for hydroxylation is 1. The molecule has 4 aromatic rings. The molecule has 268 valence electrons. The minimum absolute atomic E-state index is 0.0855. The van der Waals surface area contributed by atoms with Crippen molar-refractivity contribution in [2.75, 3.05) is 32.2 Å². The molecule has 1 N–H and O–H groups in total. The van der Waals surface area contributed by atoms with Gasteiger partial charge in [-0.2, -0.15) is 5.10 Å². The molecule has 2 saturated heterocycles. The van der Waals surface area contributed by atoms with Crippen LogP contribution in [-0.4, -0.2) is 111 Å². The Morgan fingerprint density at radius 2 is 1.62 bits per heavy atom. The van der Waals surface area contributed by atoms with Crippen molar-refractivity contribution in [2.45, 2.75) is 63.1 Å². The van der Waals surface area contributed by atoms with Crippen molar-refractivity contribution < 1.29 is 23.9 Å². The first-order chi connectivity index (χ1) is 24.7. The maximum atomic E-state index is 13.5. The zero-order valence-electron chi connectivity index (χ0n) is 31.1. The quantitative estimate of drug-likeness (QED) is 0.195. The van der Waals surface area contributed by atoms with E-state index in [9.17, 15) is 19.2 Å². The summed E-state index contributed by atoms with van der Waals surface area (Å²) < 4.78 is 15.5. The molecule has 0 bridgehead atoms. The number of carbonyl (C=O) groups is 3. The van der Waals surface area contributed by atoms with E-state index in [0.29, 0.717) is 47.5 Å². The monoisotopic (exact) mass is 703 g/mol. The number of hydrogen-bond donors (Lipinski definition) is 1. The Hall–Kier alpha value is -4.98. The highest BCUT2D eigenvalue weighted by molar-refractivity contribution is 6.56. The first-order valence-corrected chi connectivity index (χ1v) is 17.8. The van der Waals surface area contributed by atoms with Crippen LogP contribution in [0.5, 0.6) is 11.5 Å². The topological polar surface area (TPSA) is 131 Å². The summed E-state index contributed by atoms with van der Waals surface area (Å²) in [6.45, 7) is 6.83. The van der Waals surface area contributed by atoms with Gasteiger partial charge in [0.05, 0.1) is 25.2 Å². The van der Waals surface area contributed by atoms with Gasteiger partial charge in [-0.1, -0.05) is 6.07 Å². The number of ether oxygens (including phenoxy) is 2. The van der Waals surface area contributed by atoms with Gasteiger partial charge in [0, 0.05) is 80.9 Å². The number of fused-ring (bicyclic) bond motifs is 2. The van der Waals surface area contributed by atoms with E-state index in [1.807, 2.05) is 61.0 Å². The number of nitrogens with zero attached hydrogens (tertiary/aromatic N) is 6. The highest BCUT2D eigenvalue weighted by Crippen LogP contribution is 2.39. The number of imide groups is 1.